The van der Waals surface area contributed by atoms with Gasteiger partial charge in [-0.05, 0) is 49.4 Å². The molecule has 0 aromatic heterocycles. The van der Waals surface area contributed by atoms with Crippen LogP contribution in [-0.4, -0.2) is 25.5 Å². The number of rotatable bonds is 5. The molecule has 0 spiro atoms. The third-order valence-electron chi connectivity index (χ3n) is 3.51. The summed E-state index contributed by atoms with van der Waals surface area (Å²) in [6.45, 7) is 1.07. The largest absolute Gasteiger partial charge is 0.480 e. The second-order valence-corrected chi connectivity index (χ2v) is 7.57. The van der Waals surface area contributed by atoms with Crippen molar-refractivity contribution >= 4 is 33.3 Å². The average molecular weight is 408 g/mol. The highest BCUT2D eigenvalue weighted by Crippen LogP contribution is 2.34. The van der Waals surface area contributed by atoms with Gasteiger partial charge in [0.25, 0.3) is 10.0 Å². The molecule has 0 amide bonds. The van der Waals surface area contributed by atoms with E-state index >= 15 is 0 Å². The molecule has 0 radical (unpaired) electrons. The normalized spacial score (nSPS) is 13.3. The molecule has 26 heavy (non-hydrogen) atoms. The highest BCUT2D eigenvalue weighted by molar-refractivity contribution is 7.92. The van der Waals surface area contributed by atoms with Crippen molar-refractivity contribution in [3.05, 3.63) is 59.1 Å². The van der Waals surface area contributed by atoms with E-state index in [9.17, 15) is 31.5 Å². The summed E-state index contributed by atoms with van der Waals surface area (Å²) >= 11 is 5.71. The van der Waals surface area contributed by atoms with Gasteiger partial charge in [-0.3, -0.25) is 4.31 Å². The summed E-state index contributed by atoms with van der Waals surface area (Å²) in [5.41, 5.74) is -1.51. The molecule has 1 N–H and O–H groups in total. The molecule has 0 saturated carbocycles. The molecule has 10 heteroatoms. The second-order valence-electron chi connectivity index (χ2n) is 5.32. The molecule has 5 nitrogen and oxygen atoms in total. The first kappa shape index (κ1) is 20.1. The van der Waals surface area contributed by atoms with Crippen LogP contribution in [0.1, 0.15) is 12.5 Å². The van der Waals surface area contributed by atoms with Gasteiger partial charge in [0.2, 0.25) is 0 Å². The monoisotopic (exact) mass is 407 g/mol. The highest BCUT2D eigenvalue weighted by Gasteiger charge is 2.36. The predicted octanol–water partition coefficient (Wildman–Crippen LogP) is 4.03. The molecule has 2 aromatic rings. The van der Waals surface area contributed by atoms with Crippen LogP contribution in [0.4, 0.5) is 18.9 Å². The van der Waals surface area contributed by atoms with Gasteiger partial charge in [-0.2, -0.15) is 13.2 Å². The molecule has 1 unspecified atom stereocenters. The Hall–Kier alpha value is -2.26. The fourth-order valence-corrected chi connectivity index (χ4v) is 3.94. The van der Waals surface area contributed by atoms with E-state index < -0.39 is 39.5 Å². The average Bonchev–Trinajstić information content (AvgIpc) is 2.54. The number of aliphatic carboxylic acids is 1. The minimum absolute atomic E-state index is 0.251. The first-order valence-corrected chi connectivity index (χ1v) is 8.96. The van der Waals surface area contributed by atoms with Crippen LogP contribution in [0, 0.1) is 0 Å². The summed E-state index contributed by atoms with van der Waals surface area (Å²) in [6.07, 6.45) is -4.71. The van der Waals surface area contributed by atoms with E-state index in [0.29, 0.717) is 10.4 Å². The van der Waals surface area contributed by atoms with Crippen LogP contribution in [0.15, 0.2) is 53.4 Å². The number of hydrogen-bond donors (Lipinski definition) is 1. The zero-order chi connectivity index (χ0) is 19.7. The van der Waals surface area contributed by atoms with Crippen molar-refractivity contribution in [2.45, 2.75) is 24.0 Å². The summed E-state index contributed by atoms with van der Waals surface area (Å²) in [7, 11) is -4.45. The molecule has 0 bridgehead atoms. The second kappa shape index (κ2) is 7.16. The molecule has 0 heterocycles. The third-order valence-corrected chi connectivity index (χ3v) is 5.67. The molecule has 2 rings (SSSR count). The lowest BCUT2D eigenvalue weighted by Crippen LogP contribution is -2.43. The maximum absolute atomic E-state index is 13.0. The van der Waals surface area contributed by atoms with E-state index in [1.807, 2.05) is 0 Å². The zero-order valence-electron chi connectivity index (χ0n) is 13.2. The molecular weight excluding hydrogens is 395 g/mol. The van der Waals surface area contributed by atoms with Gasteiger partial charge in [0.1, 0.15) is 6.04 Å². The van der Waals surface area contributed by atoms with E-state index in [4.69, 9.17) is 11.6 Å². The Morgan fingerprint density at radius 3 is 2.23 bits per heavy atom. The van der Waals surface area contributed by atoms with E-state index in [0.717, 1.165) is 37.3 Å². The lowest BCUT2D eigenvalue weighted by molar-refractivity contribution is -0.138. The molecule has 140 valence electrons. The number of halogens is 4. The van der Waals surface area contributed by atoms with Gasteiger partial charge in [-0.25, -0.2) is 13.2 Å². The summed E-state index contributed by atoms with van der Waals surface area (Å²) in [4.78, 5) is 11.1. The van der Waals surface area contributed by atoms with Crippen LogP contribution < -0.4 is 4.31 Å². The molecule has 0 aliphatic rings. The number of carbonyl (C=O) groups is 1. The van der Waals surface area contributed by atoms with Crippen LogP contribution in [0.3, 0.4) is 0 Å². The molecule has 0 aliphatic carbocycles. The number of nitrogens with zero attached hydrogens (tertiary/aromatic N) is 1. The first-order chi connectivity index (χ1) is 11.9. The van der Waals surface area contributed by atoms with Crippen LogP contribution in [0.25, 0.3) is 0 Å². The SMILES string of the molecule is CC(C(=O)O)N(c1cccc(C(F)(F)F)c1)S(=O)(=O)c1ccc(Cl)cc1. The quantitative estimate of drug-likeness (QED) is 0.812. The van der Waals surface area contributed by atoms with Crippen molar-refractivity contribution < 1.29 is 31.5 Å². The topological polar surface area (TPSA) is 74.7 Å². The Kier molecular flexibility index (Phi) is 5.52. The van der Waals surface area contributed by atoms with Gasteiger partial charge in [0.05, 0.1) is 16.1 Å². The van der Waals surface area contributed by atoms with Gasteiger partial charge in [-0.1, -0.05) is 17.7 Å². The summed E-state index contributed by atoms with van der Waals surface area (Å²) in [5, 5.41) is 9.50. The van der Waals surface area contributed by atoms with Crippen LogP contribution in [0.2, 0.25) is 5.02 Å². The molecule has 1 atom stereocenters. The fraction of sp³-hybridized carbons (Fsp3) is 0.188. The van der Waals surface area contributed by atoms with Crippen molar-refractivity contribution in [2.24, 2.45) is 0 Å². The number of hydrogen-bond acceptors (Lipinski definition) is 3. The lowest BCUT2D eigenvalue weighted by atomic mass is 10.2. The molecular formula is C16H13ClF3NO4S. The van der Waals surface area contributed by atoms with Gasteiger partial charge in [-0.15, -0.1) is 0 Å². The van der Waals surface area contributed by atoms with Gasteiger partial charge >= 0.3 is 12.1 Å². The molecule has 0 fully saturated rings. The number of alkyl halides is 3. The van der Waals surface area contributed by atoms with Gasteiger partial charge in [0, 0.05) is 5.02 Å². The fourth-order valence-electron chi connectivity index (χ4n) is 2.21. The molecule has 0 aliphatic heterocycles. The van der Waals surface area contributed by atoms with Crippen molar-refractivity contribution in [1.82, 2.24) is 0 Å². The van der Waals surface area contributed by atoms with E-state index in [-0.39, 0.29) is 9.92 Å². The van der Waals surface area contributed by atoms with Crippen LogP contribution in [0.5, 0.6) is 0 Å². The van der Waals surface area contributed by atoms with Crippen molar-refractivity contribution in [1.29, 1.82) is 0 Å². The Morgan fingerprint density at radius 1 is 1.15 bits per heavy atom. The number of carboxylic acid groups (broad SMARTS) is 1. The summed E-state index contributed by atoms with van der Waals surface area (Å²) in [5.74, 6) is -1.51. The maximum atomic E-state index is 13.0. The Balaban J connectivity index is 2.65. The van der Waals surface area contributed by atoms with E-state index in [1.54, 1.807) is 0 Å². The lowest BCUT2D eigenvalue weighted by Gasteiger charge is -2.28. The third kappa shape index (κ3) is 4.10. The minimum Gasteiger partial charge on any atom is -0.480 e. The molecule has 2 aromatic carbocycles. The summed E-state index contributed by atoms with van der Waals surface area (Å²) < 4.78 is 65.1. The Labute approximate surface area is 152 Å². The zero-order valence-corrected chi connectivity index (χ0v) is 14.8. The smallest absolute Gasteiger partial charge is 0.416 e. The van der Waals surface area contributed by atoms with E-state index in [1.165, 1.54) is 12.1 Å². The van der Waals surface area contributed by atoms with Crippen molar-refractivity contribution in [2.75, 3.05) is 4.31 Å². The van der Waals surface area contributed by atoms with E-state index in [2.05, 4.69) is 0 Å². The van der Waals surface area contributed by atoms with Crippen LogP contribution >= 0.6 is 11.6 Å². The number of benzene rings is 2. The highest BCUT2D eigenvalue weighted by atomic mass is 35.5. The minimum atomic E-state index is -4.71. The number of anilines is 1. The first-order valence-electron chi connectivity index (χ1n) is 7.14. The Bertz CT molecular complexity index is 914. The predicted molar refractivity (Wildman–Crippen MR) is 89.7 cm³/mol. The van der Waals surface area contributed by atoms with Crippen molar-refractivity contribution in [3.63, 3.8) is 0 Å². The summed E-state index contributed by atoms with van der Waals surface area (Å²) in [6, 6.07) is 6.68. The number of sulfonamides is 1. The maximum Gasteiger partial charge on any atom is 0.416 e. The molecule has 0 saturated heterocycles. The van der Waals surface area contributed by atoms with Crippen molar-refractivity contribution in [3.8, 4) is 0 Å². The van der Waals surface area contributed by atoms with Gasteiger partial charge in [0.15, 0.2) is 0 Å². The standard InChI is InChI=1S/C16H13ClF3NO4S/c1-10(15(22)23)21(13-4-2-3-11(9-13)16(18,19)20)26(24,25)14-7-5-12(17)6-8-14/h2-10H,1H3,(H,22,23). The van der Waals surface area contributed by atoms with Gasteiger partial charge < -0.3 is 5.11 Å². The van der Waals surface area contributed by atoms with Crippen LogP contribution in [-0.2, 0) is 21.0 Å². The number of carboxylic acids is 1. The Morgan fingerprint density at radius 2 is 1.73 bits per heavy atom.